The maximum Gasteiger partial charge on any atom is 0.249 e. The van der Waals surface area contributed by atoms with E-state index in [9.17, 15) is 4.79 Å². The monoisotopic (exact) mass is 165 g/mol. The van der Waals surface area contributed by atoms with Crippen molar-refractivity contribution in [2.45, 2.75) is 6.92 Å². The number of aryl methyl sites for hydroxylation is 1. The molecule has 2 heterocycles. The average Bonchev–Trinajstić information content (AvgIpc) is 2.34. The van der Waals surface area contributed by atoms with Crippen LogP contribution in [0.1, 0.15) is 5.69 Å². The van der Waals surface area contributed by atoms with Crippen molar-refractivity contribution in [3.63, 3.8) is 0 Å². The Morgan fingerprint density at radius 3 is 3.18 bits per heavy atom. The molecular formula is C8H7NOS. The molecule has 0 saturated carbocycles. The minimum atomic E-state index is -0.0163. The van der Waals surface area contributed by atoms with Crippen molar-refractivity contribution in [2.24, 2.45) is 0 Å². The van der Waals surface area contributed by atoms with E-state index in [0.717, 1.165) is 15.8 Å². The topological polar surface area (TPSA) is 32.9 Å². The first-order valence-electron chi connectivity index (χ1n) is 3.34. The summed E-state index contributed by atoms with van der Waals surface area (Å²) in [5.74, 6) is 0. The van der Waals surface area contributed by atoms with Gasteiger partial charge >= 0.3 is 0 Å². The number of H-pyrrole nitrogens is 1. The van der Waals surface area contributed by atoms with Crippen LogP contribution >= 0.6 is 11.3 Å². The molecule has 1 N–H and O–H groups in total. The summed E-state index contributed by atoms with van der Waals surface area (Å²) < 4.78 is 1.06. The van der Waals surface area contributed by atoms with Crippen molar-refractivity contribution in [3.8, 4) is 0 Å². The molecule has 2 aromatic heterocycles. The number of thiophene rings is 1. The third kappa shape index (κ3) is 0.973. The Balaban J connectivity index is 3.02. The Morgan fingerprint density at radius 2 is 2.36 bits per heavy atom. The Bertz CT molecular complexity index is 441. The molecule has 2 aromatic rings. The lowest BCUT2D eigenvalue weighted by Gasteiger charge is -1.92. The van der Waals surface area contributed by atoms with E-state index in [1.165, 1.54) is 0 Å². The van der Waals surface area contributed by atoms with Gasteiger partial charge in [0.1, 0.15) is 0 Å². The molecule has 0 unspecified atom stereocenters. The number of pyridine rings is 1. The summed E-state index contributed by atoms with van der Waals surface area (Å²) in [6, 6.07) is 3.65. The lowest BCUT2D eigenvalue weighted by Crippen LogP contribution is -2.03. The number of hydrogen-bond donors (Lipinski definition) is 1. The van der Waals surface area contributed by atoms with Crippen molar-refractivity contribution in [2.75, 3.05) is 0 Å². The molecule has 56 valence electrons. The van der Waals surface area contributed by atoms with Crippen molar-refractivity contribution in [3.05, 3.63) is 33.6 Å². The van der Waals surface area contributed by atoms with Crippen LogP contribution in [0.4, 0.5) is 0 Å². The van der Waals surface area contributed by atoms with E-state index in [1.807, 2.05) is 18.4 Å². The third-order valence-electron chi connectivity index (χ3n) is 1.67. The molecule has 0 fully saturated rings. The molecule has 2 rings (SSSR count). The molecule has 3 heteroatoms. The normalized spacial score (nSPS) is 10.6. The van der Waals surface area contributed by atoms with E-state index < -0.39 is 0 Å². The fourth-order valence-electron chi connectivity index (χ4n) is 1.15. The maximum absolute atomic E-state index is 11.0. The lowest BCUT2D eigenvalue weighted by molar-refractivity contribution is 1.18. The summed E-state index contributed by atoms with van der Waals surface area (Å²) in [6.45, 7) is 1.91. The first-order chi connectivity index (χ1) is 5.27. The van der Waals surface area contributed by atoms with E-state index in [-0.39, 0.29) is 5.56 Å². The number of fused-ring (bicyclic) bond motifs is 1. The summed E-state index contributed by atoms with van der Waals surface area (Å²) in [5, 5.41) is 3.14. The third-order valence-corrected chi connectivity index (χ3v) is 2.54. The van der Waals surface area contributed by atoms with Crippen LogP contribution in [0.15, 0.2) is 22.3 Å². The zero-order valence-corrected chi connectivity index (χ0v) is 6.87. The van der Waals surface area contributed by atoms with Gasteiger partial charge in [0.15, 0.2) is 0 Å². The molecule has 11 heavy (non-hydrogen) atoms. The van der Waals surface area contributed by atoms with E-state index in [2.05, 4.69) is 4.98 Å². The van der Waals surface area contributed by atoms with Gasteiger partial charge in [-0.3, -0.25) is 4.79 Å². The van der Waals surface area contributed by atoms with Crippen LogP contribution in [0.5, 0.6) is 0 Å². The second-order valence-electron chi connectivity index (χ2n) is 2.46. The molecule has 0 aliphatic rings. The zero-order valence-electron chi connectivity index (χ0n) is 6.05. The van der Waals surface area contributed by atoms with Gasteiger partial charge in [-0.25, -0.2) is 0 Å². The second-order valence-corrected chi connectivity index (χ2v) is 3.40. The van der Waals surface area contributed by atoms with E-state index in [4.69, 9.17) is 0 Å². The largest absolute Gasteiger partial charge is 0.326 e. The SMILES string of the molecule is Cc1[nH]c(=O)cc2sccc12. The number of hydrogen-bond acceptors (Lipinski definition) is 2. The van der Waals surface area contributed by atoms with Crippen LogP contribution in [0, 0.1) is 6.92 Å². The van der Waals surface area contributed by atoms with Crippen LogP contribution in [-0.4, -0.2) is 4.98 Å². The fourth-order valence-corrected chi connectivity index (χ4v) is 2.02. The van der Waals surface area contributed by atoms with Gasteiger partial charge in [-0.05, 0) is 18.4 Å². The van der Waals surface area contributed by atoms with E-state index >= 15 is 0 Å². The fraction of sp³-hybridized carbons (Fsp3) is 0.125. The smallest absolute Gasteiger partial charge is 0.249 e. The molecule has 2 nitrogen and oxygen atoms in total. The molecule has 0 bridgehead atoms. The molecular weight excluding hydrogens is 158 g/mol. The predicted molar refractivity (Wildman–Crippen MR) is 47.2 cm³/mol. The highest BCUT2D eigenvalue weighted by Gasteiger charge is 1.98. The highest BCUT2D eigenvalue weighted by atomic mass is 32.1. The van der Waals surface area contributed by atoms with Crippen LogP contribution in [0.25, 0.3) is 10.1 Å². The first kappa shape index (κ1) is 6.61. The summed E-state index contributed by atoms with van der Waals surface area (Å²) >= 11 is 1.60. The minimum Gasteiger partial charge on any atom is -0.326 e. The minimum absolute atomic E-state index is 0.0163. The van der Waals surface area contributed by atoms with Crippen LogP contribution in [-0.2, 0) is 0 Å². The van der Waals surface area contributed by atoms with Gasteiger partial charge in [-0.1, -0.05) is 0 Å². The highest BCUT2D eigenvalue weighted by Crippen LogP contribution is 2.19. The summed E-state index contributed by atoms with van der Waals surface area (Å²) in [7, 11) is 0. The van der Waals surface area contributed by atoms with Gasteiger partial charge < -0.3 is 4.98 Å². The standard InChI is InChI=1S/C8H7NOS/c1-5-6-2-3-11-7(6)4-8(10)9-5/h2-4H,1H3,(H,9,10). The first-order valence-corrected chi connectivity index (χ1v) is 4.22. The highest BCUT2D eigenvalue weighted by molar-refractivity contribution is 7.17. The van der Waals surface area contributed by atoms with Gasteiger partial charge in [0.2, 0.25) is 5.56 Å². The Labute approximate surface area is 67.5 Å². The average molecular weight is 165 g/mol. The Kier molecular flexibility index (Phi) is 1.32. The van der Waals surface area contributed by atoms with Gasteiger partial charge in [-0.15, -0.1) is 11.3 Å². The van der Waals surface area contributed by atoms with Crippen molar-refractivity contribution < 1.29 is 0 Å². The van der Waals surface area contributed by atoms with Crippen molar-refractivity contribution >= 4 is 21.4 Å². The number of rotatable bonds is 0. The number of nitrogens with one attached hydrogen (secondary N) is 1. The molecule has 0 amide bonds. The van der Waals surface area contributed by atoms with E-state index in [1.54, 1.807) is 17.4 Å². The van der Waals surface area contributed by atoms with Crippen LogP contribution in [0.2, 0.25) is 0 Å². The molecule has 0 radical (unpaired) electrons. The van der Waals surface area contributed by atoms with Crippen molar-refractivity contribution in [1.29, 1.82) is 0 Å². The van der Waals surface area contributed by atoms with Crippen LogP contribution < -0.4 is 5.56 Å². The molecule has 0 spiro atoms. The molecule has 0 aromatic carbocycles. The van der Waals surface area contributed by atoms with Gasteiger partial charge in [0.25, 0.3) is 0 Å². The van der Waals surface area contributed by atoms with Crippen LogP contribution in [0.3, 0.4) is 0 Å². The maximum atomic E-state index is 11.0. The van der Waals surface area contributed by atoms with Gasteiger partial charge in [-0.2, -0.15) is 0 Å². The van der Waals surface area contributed by atoms with Gasteiger partial charge in [0.05, 0.1) is 0 Å². The summed E-state index contributed by atoms with van der Waals surface area (Å²) in [4.78, 5) is 13.7. The molecule has 0 saturated heterocycles. The molecule has 0 aliphatic carbocycles. The zero-order chi connectivity index (χ0) is 7.84. The van der Waals surface area contributed by atoms with E-state index in [0.29, 0.717) is 0 Å². The number of aromatic nitrogens is 1. The molecule has 0 atom stereocenters. The Morgan fingerprint density at radius 1 is 1.55 bits per heavy atom. The number of aromatic amines is 1. The summed E-state index contributed by atoms with van der Waals surface area (Å²) in [5.41, 5.74) is 0.936. The second kappa shape index (κ2) is 2.20. The Hall–Kier alpha value is -1.09. The summed E-state index contributed by atoms with van der Waals surface area (Å²) in [6.07, 6.45) is 0. The van der Waals surface area contributed by atoms with Crippen molar-refractivity contribution in [1.82, 2.24) is 4.98 Å². The lowest BCUT2D eigenvalue weighted by atomic mass is 10.3. The predicted octanol–water partition coefficient (Wildman–Crippen LogP) is 1.90. The van der Waals surface area contributed by atoms with Gasteiger partial charge in [0, 0.05) is 21.8 Å². The quantitative estimate of drug-likeness (QED) is 0.635. The molecule has 0 aliphatic heterocycles.